The van der Waals surface area contributed by atoms with E-state index in [2.05, 4.69) is 26.1 Å². The highest BCUT2D eigenvalue weighted by molar-refractivity contribution is 5.85. The van der Waals surface area contributed by atoms with E-state index in [0.29, 0.717) is 11.5 Å². The van der Waals surface area contributed by atoms with E-state index in [-0.39, 0.29) is 5.91 Å². The largest absolute Gasteiger partial charge is 0.352 e. The van der Waals surface area contributed by atoms with E-state index < -0.39 is 5.54 Å². The summed E-state index contributed by atoms with van der Waals surface area (Å²) in [6, 6.07) is 0.322. The number of carbonyl (C=O) groups excluding carboxylic acids is 1. The first-order chi connectivity index (χ1) is 7.27. The second-order valence-corrected chi connectivity index (χ2v) is 6.24. The van der Waals surface area contributed by atoms with Crippen LogP contribution in [0.4, 0.5) is 0 Å². The number of hydrogen-bond acceptors (Lipinski definition) is 2. The summed E-state index contributed by atoms with van der Waals surface area (Å²) in [6.45, 7) is 8.39. The molecule has 2 unspecified atom stereocenters. The molecule has 1 saturated carbocycles. The summed E-state index contributed by atoms with van der Waals surface area (Å²) in [5.41, 5.74) is 5.67. The summed E-state index contributed by atoms with van der Waals surface area (Å²) in [4.78, 5) is 12.0. The number of hydrogen-bond donors (Lipinski definition) is 2. The maximum absolute atomic E-state index is 12.0. The van der Waals surface area contributed by atoms with E-state index in [1.807, 2.05) is 6.92 Å². The first-order valence-corrected chi connectivity index (χ1v) is 6.37. The van der Waals surface area contributed by atoms with Gasteiger partial charge in [0.05, 0.1) is 5.54 Å². The third-order valence-corrected chi connectivity index (χ3v) is 3.59. The second-order valence-electron chi connectivity index (χ2n) is 6.24. The normalized spacial score (nSPS) is 27.4. The van der Waals surface area contributed by atoms with Crippen LogP contribution < -0.4 is 11.1 Å². The molecule has 0 bridgehead atoms. The Morgan fingerprint density at radius 2 is 2.19 bits per heavy atom. The van der Waals surface area contributed by atoms with Crippen LogP contribution >= 0.6 is 0 Å². The number of amides is 1. The van der Waals surface area contributed by atoms with E-state index in [9.17, 15) is 4.79 Å². The first-order valence-electron chi connectivity index (χ1n) is 6.37. The number of nitrogens with one attached hydrogen (secondary N) is 1. The van der Waals surface area contributed by atoms with E-state index in [0.717, 1.165) is 25.7 Å². The van der Waals surface area contributed by atoms with Crippen LogP contribution in [0.1, 0.15) is 59.8 Å². The molecule has 0 radical (unpaired) electrons. The van der Waals surface area contributed by atoms with Gasteiger partial charge in [0.15, 0.2) is 0 Å². The van der Waals surface area contributed by atoms with Crippen molar-refractivity contribution in [2.75, 3.05) is 0 Å². The van der Waals surface area contributed by atoms with Crippen LogP contribution in [0.5, 0.6) is 0 Å². The fourth-order valence-electron chi connectivity index (χ4n) is 2.54. The molecule has 3 nitrogen and oxygen atoms in total. The van der Waals surface area contributed by atoms with Gasteiger partial charge in [-0.1, -0.05) is 27.2 Å². The molecule has 0 aromatic heterocycles. The van der Waals surface area contributed by atoms with Crippen molar-refractivity contribution < 1.29 is 4.79 Å². The molecule has 1 aliphatic carbocycles. The highest BCUT2D eigenvalue weighted by atomic mass is 16.2. The maximum Gasteiger partial charge on any atom is 0.240 e. The summed E-state index contributed by atoms with van der Waals surface area (Å²) in [6.07, 6.45) is 5.03. The standard InChI is InChI=1S/C13H26N2O/c1-5-7-13(4,14)11(16)15-10-6-8-12(2,3)9-10/h10H,5-9,14H2,1-4H3,(H,15,16). The molecule has 0 aliphatic heterocycles. The molecule has 16 heavy (non-hydrogen) atoms. The lowest BCUT2D eigenvalue weighted by atomic mass is 9.91. The van der Waals surface area contributed by atoms with Crippen molar-refractivity contribution in [1.29, 1.82) is 0 Å². The molecule has 1 aliphatic rings. The molecule has 3 heteroatoms. The Kier molecular flexibility index (Phi) is 4.00. The Labute approximate surface area is 99.2 Å². The molecule has 1 amide bonds. The summed E-state index contributed by atoms with van der Waals surface area (Å²) in [7, 11) is 0. The lowest BCUT2D eigenvalue weighted by molar-refractivity contribution is -0.126. The predicted octanol–water partition coefficient (Wildman–Crippen LogP) is 2.20. The van der Waals surface area contributed by atoms with E-state index in [1.165, 1.54) is 6.42 Å². The molecule has 0 heterocycles. The Hall–Kier alpha value is -0.570. The molecular weight excluding hydrogens is 200 g/mol. The van der Waals surface area contributed by atoms with E-state index in [4.69, 9.17) is 5.73 Å². The van der Waals surface area contributed by atoms with Gasteiger partial charge in [-0.2, -0.15) is 0 Å². The Balaban J connectivity index is 2.46. The zero-order chi connectivity index (χ0) is 12.4. The minimum absolute atomic E-state index is 0.0112. The van der Waals surface area contributed by atoms with Gasteiger partial charge in [-0.25, -0.2) is 0 Å². The van der Waals surface area contributed by atoms with Crippen molar-refractivity contribution in [3.8, 4) is 0 Å². The zero-order valence-electron chi connectivity index (χ0n) is 11.1. The third kappa shape index (κ3) is 3.48. The van der Waals surface area contributed by atoms with Crippen LogP contribution in [0.3, 0.4) is 0 Å². The zero-order valence-corrected chi connectivity index (χ0v) is 11.1. The van der Waals surface area contributed by atoms with Gasteiger partial charge in [0, 0.05) is 6.04 Å². The number of carbonyl (C=O) groups is 1. The Bertz CT molecular complexity index is 259. The maximum atomic E-state index is 12.0. The average Bonchev–Trinajstić information content (AvgIpc) is 2.45. The van der Waals surface area contributed by atoms with Gasteiger partial charge in [0.1, 0.15) is 0 Å². The van der Waals surface area contributed by atoms with Crippen molar-refractivity contribution in [2.24, 2.45) is 11.1 Å². The van der Waals surface area contributed by atoms with Gasteiger partial charge in [0.2, 0.25) is 5.91 Å². The number of nitrogens with two attached hydrogens (primary N) is 1. The molecule has 0 saturated heterocycles. The summed E-state index contributed by atoms with van der Waals surface area (Å²) in [5.74, 6) is 0.0112. The van der Waals surface area contributed by atoms with Crippen LogP contribution in [0, 0.1) is 5.41 Å². The van der Waals surface area contributed by atoms with Crippen molar-refractivity contribution >= 4 is 5.91 Å². The van der Waals surface area contributed by atoms with Gasteiger partial charge in [0.25, 0.3) is 0 Å². The minimum Gasteiger partial charge on any atom is -0.352 e. The molecule has 3 N–H and O–H groups in total. The fourth-order valence-corrected chi connectivity index (χ4v) is 2.54. The molecule has 1 fully saturated rings. The minimum atomic E-state index is -0.707. The van der Waals surface area contributed by atoms with Crippen LogP contribution in [-0.2, 0) is 4.79 Å². The van der Waals surface area contributed by atoms with Crippen LogP contribution in [-0.4, -0.2) is 17.5 Å². The fraction of sp³-hybridized carbons (Fsp3) is 0.923. The average molecular weight is 226 g/mol. The smallest absolute Gasteiger partial charge is 0.240 e. The van der Waals surface area contributed by atoms with Crippen molar-refractivity contribution in [2.45, 2.75) is 71.4 Å². The van der Waals surface area contributed by atoms with Gasteiger partial charge >= 0.3 is 0 Å². The van der Waals surface area contributed by atoms with Crippen molar-refractivity contribution in [1.82, 2.24) is 5.32 Å². The van der Waals surface area contributed by atoms with Crippen LogP contribution in [0.2, 0.25) is 0 Å². The first kappa shape index (κ1) is 13.5. The molecular formula is C13H26N2O. The summed E-state index contributed by atoms with van der Waals surface area (Å²) >= 11 is 0. The Morgan fingerprint density at radius 3 is 2.62 bits per heavy atom. The quantitative estimate of drug-likeness (QED) is 0.772. The predicted molar refractivity (Wildman–Crippen MR) is 67.1 cm³/mol. The van der Waals surface area contributed by atoms with Gasteiger partial charge in [-0.05, 0) is 38.0 Å². The van der Waals surface area contributed by atoms with Gasteiger partial charge < -0.3 is 11.1 Å². The van der Waals surface area contributed by atoms with Gasteiger partial charge in [-0.15, -0.1) is 0 Å². The highest BCUT2D eigenvalue weighted by Gasteiger charge is 2.35. The Morgan fingerprint density at radius 1 is 1.56 bits per heavy atom. The second kappa shape index (κ2) is 4.74. The molecule has 2 atom stereocenters. The monoisotopic (exact) mass is 226 g/mol. The molecule has 0 spiro atoms. The van der Waals surface area contributed by atoms with Crippen molar-refractivity contribution in [3.63, 3.8) is 0 Å². The van der Waals surface area contributed by atoms with Crippen LogP contribution in [0.25, 0.3) is 0 Å². The lowest BCUT2D eigenvalue weighted by Crippen LogP contribution is -2.53. The van der Waals surface area contributed by atoms with E-state index >= 15 is 0 Å². The van der Waals surface area contributed by atoms with Crippen LogP contribution in [0.15, 0.2) is 0 Å². The molecule has 94 valence electrons. The molecule has 0 aromatic carbocycles. The molecule has 1 rings (SSSR count). The topological polar surface area (TPSA) is 55.1 Å². The summed E-state index contributed by atoms with van der Waals surface area (Å²) in [5, 5.41) is 3.10. The molecule has 0 aromatic rings. The van der Waals surface area contributed by atoms with E-state index in [1.54, 1.807) is 0 Å². The summed E-state index contributed by atoms with van der Waals surface area (Å²) < 4.78 is 0. The third-order valence-electron chi connectivity index (χ3n) is 3.59. The lowest BCUT2D eigenvalue weighted by Gasteiger charge is -2.26. The highest BCUT2D eigenvalue weighted by Crippen LogP contribution is 2.37. The van der Waals surface area contributed by atoms with Gasteiger partial charge in [-0.3, -0.25) is 4.79 Å². The number of rotatable bonds is 4. The SMILES string of the molecule is CCCC(C)(N)C(=O)NC1CCC(C)(C)C1. The van der Waals surface area contributed by atoms with Crippen molar-refractivity contribution in [3.05, 3.63) is 0 Å².